The van der Waals surface area contributed by atoms with Crippen LogP contribution >= 0.6 is 24.0 Å². The van der Waals surface area contributed by atoms with Crippen LogP contribution in [0.15, 0.2) is 33.8 Å². The molecule has 0 saturated heterocycles. The summed E-state index contributed by atoms with van der Waals surface area (Å²) in [5.41, 5.74) is 2.58. The molecule has 2 aromatic rings. The van der Waals surface area contributed by atoms with Crippen molar-refractivity contribution in [1.82, 2.24) is 15.6 Å². The van der Waals surface area contributed by atoms with Gasteiger partial charge in [-0.1, -0.05) is 32.9 Å². The summed E-state index contributed by atoms with van der Waals surface area (Å²) in [5, 5.41) is 6.57. The number of benzene rings is 1. The lowest BCUT2D eigenvalue weighted by Crippen LogP contribution is -2.37. The summed E-state index contributed by atoms with van der Waals surface area (Å²) in [7, 11) is 1.76. The minimum absolute atomic E-state index is 0. The van der Waals surface area contributed by atoms with Gasteiger partial charge in [0.05, 0.1) is 19.3 Å². The van der Waals surface area contributed by atoms with Gasteiger partial charge in [0.1, 0.15) is 11.5 Å². The molecule has 6 nitrogen and oxygen atoms in total. The number of nitrogens with one attached hydrogen (secondary N) is 2. The molecular formula is C20H29IN4O2. The number of rotatable bonds is 5. The predicted octanol–water partition coefficient (Wildman–Crippen LogP) is 3.43. The summed E-state index contributed by atoms with van der Waals surface area (Å²) in [5.74, 6) is 3.32. The van der Waals surface area contributed by atoms with Gasteiger partial charge in [0, 0.05) is 25.4 Å². The molecule has 0 fully saturated rings. The lowest BCUT2D eigenvalue weighted by molar-refractivity contribution is 0.357. The Bertz CT molecular complexity index is 781. The van der Waals surface area contributed by atoms with Crippen LogP contribution in [0.3, 0.4) is 0 Å². The summed E-state index contributed by atoms with van der Waals surface area (Å²) in [6.07, 6.45) is 3.73. The maximum atomic E-state index is 5.79. The minimum Gasteiger partial charge on any atom is -0.493 e. The Kier molecular flexibility index (Phi) is 7.52. The number of oxazole rings is 1. The predicted molar refractivity (Wildman–Crippen MR) is 118 cm³/mol. The molecule has 148 valence electrons. The number of nitrogens with zero attached hydrogens (tertiary/aromatic N) is 2. The van der Waals surface area contributed by atoms with Gasteiger partial charge < -0.3 is 19.8 Å². The monoisotopic (exact) mass is 484 g/mol. The molecule has 27 heavy (non-hydrogen) atoms. The number of hydrogen-bond acceptors (Lipinski definition) is 4. The molecule has 1 aliphatic rings. The van der Waals surface area contributed by atoms with Crippen molar-refractivity contribution < 1.29 is 9.15 Å². The highest BCUT2D eigenvalue weighted by Crippen LogP contribution is 2.26. The standard InChI is InChI=1S/C20H28N4O2.HI/c1-20(2,3)17-12-23-18(26-17)13-24-19(21-4)22-9-7-14-5-6-16-15(11-14)8-10-25-16;/h5-6,11-12H,7-10,13H2,1-4H3,(H2,21,22,24);1H. The van der Waals surface area contributed by atoms with E-state index in [0.29, 0.717) is 12.4 Å². The first-order chi connectivity index (χ1) is 12.5. The molecule has 0 spiro atoms. The van der Waals surface area contributed by atoms with E-state index in [1.54, 1.807) is 13.2 Å². The molecule has 0 saturated carbocycles. The summed E-state index contributed by atoms with van der Waals surface area (Å²) in [4.78, 5) is 8.58. The van der Waals surface area contributed by atoms with E-state index in [9.17, 15) is 0 Å². The molecule has 3 rings (SSSR count). The van der Waals surface area contributed by atoms with Crippen LogP contribution < -0.4 is 15.4 Å². The van der Waals surface area contributed by atoms with Crippen molar-refractivity contribution in [2.45, 2.75) is 45.6 Å². The first-order valence-corrected chi connectivity index (χ1v) is 9.10. The molecule has 0 unspecified atom stereocenters. The van der Waals surface area contributed by atoms with Crippen LogP contribution in [0.5, 0.6) is 5.75 Å². The molecule has 0 atom stereocenters. The quantitative estimate of drug-likeness (QED) is 0.387. The van der Waals surface area contributed by atoms with Crippen LogP contribution in [0, 0.1) is 0 Å². The van der Waals surface area contributed by atoms with Gasteiger partial charge in [-0.25, -0.2) is 4.98 Å². The van der Waals surface area contributed by atoms with Crippen molar-refractivity contribution in [3.63, 3.8) is 0 Å². The fraction of sp³-hybridized carbons (Fsp3) is 0.500. The summed E-state index contributed by atoms with van der Waals surface area (Å²) >= 11 is 0. The Hall–Kier alpha value is -1.77. The number of fused-ring (bicyclic) bond motifs is 1. The molecule has 1 aromatic heterocycles. The average molecular weight is 484 g/mol. The van der Waals surface area contributed by atoms with E-state index in [-0.39, 0.29) is 29.4 Å². The van der Waals surface area contributed by atoms with Gasteiger partial charge >= 0.3 is 0 Å². The van der Waals surface area contributed by atoms with Crippen molar-refractivity contribution in [2.24, 2.45) is 4.99 Å². The fourth-order valence-electron chi connectivity index (χ4n) is 2.84. The first kappa shape index (κ1) is 21.5. The third-order valence-electron chi connectivity index (χ3n) is 4.38. The van der Waals surface area contributed by atoms with Crippen LogP contribution in [0.2, 0.25) is 0 Å². The number of aliphatic imine (C=N–C) groups is 1. The third-order valence-corrected chi connectivity index (χ3v) is 4.38. The van der Waals surface area contributed by atoms with Crippen molar-refractivity contribution in [2.75, 3.05) is 20.2 Å². The highest BCUT2D eigenvalue weighted by molar-refractivity contribution is 14.0. The molecule has 7 heteroatoms. The minimum atomic E-state index is -0.0356. The van der Waals surface area contributed by atoms with Crippen LogP contribution in [-0.2, 0) is 24.8 Å². The number of ether oxygens (including phenoxy) is 1. The molecule has 0 amide bonds. The second-order valence-electron chi connectivity index (χ2n) is 7.51. The summed E-state index contributed by atoms with van der Waals surface area (Å²) < 4.78 is 11.3. The van der Waals surface area contributed by atoms with Crippen molar-refractivity contribution >= 4 is 29.9 Å². The second kappa shape index (κ2) is 9.43. The highest BCUT2D eigenvalue weighted by Gasteiger charge is 2.19. The van der Waals surface area contributed by atoms with E-state index in [1.165, 1.54) is 11.1 Å². The van der Waals surface area contributed by atoms with Crippen LogP contribution in [-0.4, -0.2) is 31.1 Å². The van der Waals surface area contributed by atoms with Crippen molar-refractivity contribution in [3.05, 3.63) is 47.2 Å². The number of halogens is 1. The molecule has 2 N–H and O–H groups in total. The van der Waals surface area contributed by atoms with Crippen LogP contribution in [0.4, 0.5) is 0 Å². The van der Waals surface area contributed by atoms with E-state index in [0.717, 1.165) is 43.5 Å². The van der Waals surface area contributed by atoms with Gasteiger partial charge in [0.15, 0.2) is 5.96 Å². The van der Waals surface area contributed by atoms with Gasteiger partial charge in [-0.3, -0.25) is 4.99 Å². The molecule has 1 aromatic carbocycles. The van der Waals surface area contributed by atoms with Gasteiger partial charge in [-0.05, 0) is 23.6 Å². The lowest BCUT2D eigenvalue weighted by Gasteiger charge is -2.13. The van der Waals surface area contributed by atoms with E-state index >= 15 is 0 Å². The maximum Gasteiger partial charge on any atom is 0.213 e. The molecular weight excluding hydrogens is 455 g/mol. The molecule has 2 heterocycles. The highest BCUT2D eigenvalue weighted by atomic mass is 127. The van der Waals surface area contributed by atoms with Crippen molar-refractivity contribution in [1.29, 1.82) is 0 Å². The fourth-order valence-corrected chi connectivity index (χ4v) is 2.84. The van der Waals surface area contributed by atoms with E-state index < -0.39 is 0 Å². The Labute approximate surface area is 178 Å². The maximum absolute atomic E-state index is 5.79. The lowest BCUT2D eigenvalue weighted by atomic mass is 9.94. The van der Waals surface area contributed by atoms with Gasteiger partial charge in [-0.2, -0.15) is 0 Å². The molecule has 0 aliphatic carbocycles. The van der Waals surface area contributed by atoms with Gasteiger partial charge in [-0.15, -0.1) is 24.0 Å². The van der Waals surface area contributed by atoms with Crippen LogP contribution in [0.1, 0.15) is 43.5 Å². The van der Waals surface area contributed by atoms with E-state index in [2.05, 4.69) is 59.6 Å². The smallest absolute Gasteiger partial charge is 0.213 e. The largest absolute Gasteiger partial charge is 0.493 e. The average Bonchev–Trinajstić information content (AvgIpc) is 3.26. The van der Waals surface area contributed by atoms with Gasteiger partial charge in [0.25, 0.3) is 0 Å². The number of guanidine groups is 1. The van der Waals surface area contributed by atoms with Crippen LogP contribution in [0.25, 0.3) is 0 Å². The zero-order valence-corrected chi connectivity index (χ0v) is 18.8. The van der Waals surface area contributed by atoms with E-state index in [1.807, 2.05) is 0 Å². The zero-order valence-electron chi connectivity index (χ0n) is 16.5. The molecule has 1 aliphatic heterocycles. The SMILES string of the molecule is CN=C(NCCc1ccc2c(c1)CCO2)NCc1ncc(C(C)(C)C)o1.I. The third kappa shape index (κ3) is 5.85. The first-order valence-electron chi connectivity index (χ1n) is 9.10. The Morgan fingerprint density at radius 1 is 1.26 bits per heavy atom. The Morgan fingerprint density at radius 2 is 2.07 bits per heavy atom. The van der Waals surface area contributed by atoms with Crippen molar-refractivity contribution in [3.8, 4) is 5.75 Å². The topological polar surface area (TPSA) is 71.7 Å². The second-order valence-corrected chi connectivity index (χ2v) is 7.51. The van der Waals surface area contributed by atoms with E-state index in [4.69, 9.17) is 9.15 Å². The molecule has 0 bridgehead atoms. The zero-order chi connectivity index (χ0) is 18.6. The Balaban J connectivity index is 0.00000261. The normalized spacial score (nSPS) is 13.6. The Morgan fingerprint density at radius 3 is 2.78 bits per heavy atom. The number of aromatic nitrogens is 1. The summed E-state index contributed by atoms with van der Waals surface area (Å²) in [6, 6.07) is 6.43. The molecule has 0 radical (unpaired) electrons. The summed E-state index contributed by atoms with van der Waals surface area (Å²) in [6.45, 7) is 8.43. The number of hydrogen-bond donors (Lipinski definition) is 2. The van der Waals surface area contributed by atoms with Gasteiger partial charge in [0.2, 0.25) is 5.89 Å².